The van der Waals surface area contributed by atoms with Crippen molar-refractivity contribution in [1.29, 1.82) is 0 Å². The van der Waals surface area contributed by atoms with Gasteiger partial charge < -0.3 is 14.7 Å². The molecule has 2 N–H and O–H groups in total. The van der Waals surface area contributed by atoms with Gasteiger partial charge in [0.05, 0.1) is 30.3 Å². The second kappa shape index (κ2) is 9.21. The summed E-state index contributed by atoms with van der Waals surface area (Å²) in [6.07, 6.45) is 5.40. The summed E-state index contributed by atoms with van der Waals surface area (Å²) in [4.78, 5) is 13.7. The number of methoxy groups -OCH3 is 1. The molecule has 0 atom stereocenters. The van der Waals surface area contributed by atoms with Crippen LogP contribution in [0.5, 0.6) is 5.75 Å². The Kier molecular flexibility index (Phi) is 6.24. The van der Waals surface area contributed by atoms with Crippen LogP contribution in [0.25, 0.3) is 27.6 Å². The first-order valence-corrected chi connectivity index (χ1v) is 12.7. The quantitative estimate of drug-likeness (QED) is 0.401. The van der Waals surface area contributed by atoms with E-state index in [1.165, 1.54) is 6.33 Å². The number of hydrogen-bond acceptors (Lipinski definition) is 9. The van der Waals surface area contributed by atoms with Gasteiger partial charge in [0.2, 0.25) is 0 Å². The Morgan fingerprint density at radius 1 is 1.20 bits per heavy atom. The highest BCUT2D eigenvalue weighted by Gasteiger charge is 2.26. The van der Waals surface area contributed by atoms with Crippen LogP contribution in [0.1, 0.15) is 39.2 Å². The van der Waals surface area contributed by atoms with Gasteiger partial charge in [0.25, 0.3) is 0 Å². The van der Waals surface area contributed by atoms with Gasteiger partial charge in [0.1, 0.15) is 16.3 Å². The number of H-pyrrole nitrogens is 1. The molecule has 10 nitrogen and oxygen atoms in total. The van der Waals surface area contributed by atoms with Crippen molar-refractivity contribution in [1.82, 2.24) is 34.7 Å². The number of nitrogens with one attached hydrogen (secondary N) is 1. The predicted octanol–water partition coefficient (Wildman–Crippen LogP) is 3.27. The third-order valence-corrected chi connectivity index (χ3v) is 7.29. The number of rotatable bonds is 7. The number of fused-ring (bicyclic) bond motifs is 1. The average molecular weight is 497 g/mol. The molecule has 0 radical (unpaired) electrons. The highest BCUT2D eigenvalue weighted by molar-refractivity contribution is 7.18. The van der Waals surface area contributed by atoms with E-state index in [4.69, 9.17) is 14.8 Å². The zero-order chi connectivity index (χ0) is 24.7. The van der Waals surface area contributed by atoms with Gasteiger partial charge in [-0.2, -0.15) is 10.2 Å². The second-order valence-electron chi connectivity index (χ2n) is 9.92. The van der Waals surface area contributed by atoms with Crippen molar-refractivity contribution >= 4 is 22.0 Å². The van der Waals surface area contributed by atoms with Gasteiger partial charge in [-0.25, -0.2) is 14.5 Å². The van der Waals surface area contributed by atoms with Gasteiger partial charge in [-0.15, -0.1) is 0 Å². The molecule has 11 heteroatoms. The summed E-state index contributed by atoms with van der Waals surface area (Å²) in [5.41, 5.74) is 3.83. The van der Waals surface area contributed by atoms with Gasteiger partial charge >= 0.3 is 0 Å². The molecule has 35 heavy (non-hydrogen) atoms. The Bertz CT molecular complexity index is 1310. The fourth-order valence-corrected chi connectivity index (χ4v) is 5.65. The molecular formula is C24H32N8O2S. The maximum Gasteiger partial charge on any atom is 0.197 e. The normalized spacial score (nSPS) is 15.5. The van der Waals surface area contributed by atoms with E-state index in [1.54, 1.807) is 23.0 Å². The number of hydrogen-bond donors (Lipinski definition) is 2. The highest BCUT2D eigenvalue weighted by Crippen LogP contribution is 2.39. The minimum Gasteiger partial charge on any atom is -0.493 e. The van der Waals surface area contributed by atoms with Crippen molar-refractivity contribution in [2.75, 3.05) is 44.7 Å². The van der Waals surface area contributed by atoms with E-state index in [-0.39, 0.29) is 5.92 Å². The number of thiazole rings is 1. The minimum absolute atomic E-state index is 0.230. The lowest BCUT2D eigenvalue weighted by Crippen LogP contribution is -2.50. The molecular weight excluding hydrogens is 464 g/mol. The summed E-state index contributed by atoms with van der Waals surface area (Å²) in [7, 11) is 1.63. The van der Waals surface area contributed by atoms with Crippen molar-refractivity contribution in [2.45, 2.75) is 39.2 Å². The van der Waals surface area contributed by atoms with E-state index in [1.807, 2.05) is 32.3 Å². The van der Waals surface area contributed by atoms with Crippen LogP contribution in [0.2, 0.25) is 0 Å². The summed E-state index contributed by atoms with van der Waals surface area (Å²) >= 11 is 1.68. The lowest BCUT2D eigenvalue weighted by Gasteiger charge is -2.37. The fourth-order valence-electron chi connectivity index (χ4n) is 4.67. The Morgan fingerprint density at radius 2 is 1.97 bits per heavy atom. The van der Waals surface area contributed by atoms with Crippen molar-refractivity contribution in [3.63, 3.8) is 0 Å². The van der Waals surface area contributed by atoms with Gasteiger partial charge in [-0.05, 0) is 25.8 Å². The Hall–Kier alpha value is -3.02. The standard InChI is InChI=1S/C24H32N8O2S/c1-15(2)19-20(16-10-17(34-5)22-26-14-27-32(22)12-16)28-29-21(19)23-25-11-18(35-23)31-8-6-30(7-9-31)13-24(3,4)33/h10-12,14-15,33H,6-9,13H2,1-5H3,(H,28,29). The largest absolute Gasteiger partial charge is 0.493 e. The van der Waals surface area contributed by atoms with Crippen LogP contribution in [-0.4, -0.2) is 85.2 Å². The van der Waals surface area contributed by atoms with Crippen molar-refractivity contribution in [3.05, 3.63) is 30.4 Å². The molecule has 1 aliphatic rings. The van der Waals surface area contributed by atoms with Crippen LogP contribution in [0, 0.1) is 0 Å². The maximum atomic E-state index is 10.1. The SMILES string of the molecule is COc1cc(-c2n[nH]c(-c3ncc(N4CCN(CC(C)(C)O)CC4)s3)c2C(C)C)cn2ncnc12. The monoisotopic (exact) mass is 496 g/mol. The van der Waals surface area contributed by atoms with Crippen molar-refractivity contribution in [3.8, 4) is 27.7 Å². The number of ether oxygens (including phenoxy) is 1. The Labute approximate surface area is 208 Å². The number of aliphatic hydroxyl groups is 1. The van der Waals surface area contributed by atoms with Crippen molar-refractivity contribution < 1.29 is 9.84 Å². The molecule has 0 saturated carbocycles. The molecule has 5 rings (SSSR count). The first-order chi connectivity index (χ1) is 16.7. The molecule has 4 aromatic heterocycles. The number of piperazine rings is 1. The molecule has 1 aliphatic heterocycles. The van der Waals surface area contributed by atoms with Gasteiger partial charge in [0.15, 0.2) is 11.4 Å². The van der Waals surface area contributed by atoms with Gasteiger partial charge in [-0.1, -0.05) is 25.2 Å². The van der Waals surface area contributed by atoms with Crippen molar-refractivity contribution in [2.24, 2.45) is 0 Å². The lowest BCUT2D eigenvalue weighted by molar-refractivity contribution is 0.0345. The number of anilines is 1. The number of aromatic nitrogens is 6. The molecule has 0 unspecified atom stereocenters. The topological polar surface area (TPSA) is 108 Å². The zero-order valence-corrected chi connectivity index (χ0v) is 21.6. The Morgan fingerprint density at radius 3 is 2.66 bits per heavy atom. The molecule has 0 aliphatic carbocycles. The van der Waals surface area contributed by atoms with Crippen LogP contribution in [0.4, 0.5) is 5.00 Å². The highest BCUT2D eigenvalue weighted by atomic mass is 32.1. The summed E-state index contributed by atoms with van der Waals surface area (Å²) in [6, 6.07) is 1.95. The maximum absolute atomic E-state index is 10.1. The summed E-state index contributed by atoms with van der Waals surface area (Å²) in [5, 5.41) is 24.4. The van der Waals surface area contributed by atoms with Crippen LogP contribution in [0.3, 0.4) is 0 Å². The number of pyridine rings is 1. The lowest BCUT2D eigenvalue weighted by atomic mass is 9.97. The molecule has 186 valence electrons. The molecule has 0 spiro atoms. The third-order valence-electron chi connectivity index (χ3n) is 6.22. The van der Waals surface area contributed by atoms with Crippen LogP contribution < -0.4 is 9.64 Å². The van der Waals surface area contributed by atoms with E-state index < -0.39 is 5.60 Å². The zero-order valence-electron chi connectivity index (χ0n) is 20.8. The number of nitrogens with zero attached hydrogens (tertiary/aromatic N) is 7. The van der Waals surface area contributed by atoms with E-state index in [2.05, 4.69) is 38.8 Å². The smallest absolute Gasteiger partial charge is 0.197 e. The summed E-state index contributed by atoms with van der Waals surface area (Å²) in [6.45, 7) is 12.4. The minimum atomic E-state index is -0.673. The second-order valence-corrected chi connectivity index (χ2v) is 10.9. The molecule has 1 fully saturated rings. The molecule has 1 saturated heterocycles. The van der Waals surface area contributed by atoms with Crippen LogP contribution in [0.15, 0.2) is 24.8 Å². The van der Waals surface area contributed by atoms with Crippen LogP contribution >= 0.6 is 11.3 Å². The molecule has 0 bridgehead atoms. The first-order valence-electron chi connectivity index (χ1n) is 11.9. The molecule has 0 amide bonds. The molecule has 4 aromatic rings. The van der Waals surface area contributed by atoms with E-state index in [0.29, 0.717) is 17.9 Å². The van der Waals surface area contributed by atoms with Gasteiger partial charge in [-0.3, -0.25) is 10.00 Å². The first kappa shape index (κ1) is 23.7. The van der Waals surface area contributed by atoms with Gasteiger partial charge in [0, 0.05) is 50.0 Å². The third kappa shape index (κ3) is 4.75. The average Bonchev–Trinajstić information content (AvgIpc) is 3.56. The van der Waals surface area contributed by atoms with E-state index in [0.717, 1.165) is 58.7 Å². The summed E-state index contributed by atoms with van der Waals surface area (Å²) in [5.74, 6) is 0.883. The van der Waals surface area contributed by atoms with Crippen LogP contribution in [-0.2, 0) is 0 Å². The predicted molar refractivity (Wildman–Crippen MR) is 137 cm³/mol. The van der Waals surface area contributed by atoms with E-state index >= 15 is 0 Å². The van der Waals surface area contributed by atoms with E-state index in [9.17, 15) is 5.11 Å². The molecule has 5 heterocycles. The summed E-state index contributed by atoms with van der Waals surface area (Å²) < 4.78 is 7.26. The number of aromatic amines is 1. The Balaban J connectivity index is 1.42. The molecule has 0 aromatic carbocycles. The number of β-amino-alcohol motifs (C(OH)–C–C–N with tert-alkyl or cyclic N) is 1. The fraction of sp³-hybridized carbons (Fsp3) is 0.500.